The summed E-state index contributed by atoms with van der Waals surface area (Å²) in [5.74, 6) is 1.13. The predicted octanol–water partition coefficient (Wildman–Crippen LogP) is 2.16. The molecular formula is C13H22N4O. The monoisotopic (exact) mass is 250 g/mol. The van der Waals surface area contributed by atoms with Crippen molar-refractivity contribution in [3.05, 3.63) is 11.6 Å². The van der Waals surface area contributed by atoms with Gasteiger partial charge in [0.1, 0.15) is 5.82 Å². The van der Waals surface area contributed by atoms with Gasteiger partial charge in [0.05, 0.1) is 0 Å². The average Bonchev–Trinajstić information content (AvgIpc) is 2.77. The highest BCUT2D eigenvalue weighted by molar-refractivity contribution is 5.90. The third-order valence-electron chi connectivity index (χ3n) is 3.35. The molecule has 0 radical (unpaired) electrons. The Labute approximate surface area is 108 Å². The summed E-state index contributed by atoms with van der Waals surface area (Å²) in [7, 11) is 0. The highest BCUT2D eigenvalue weighted by atomic mass is 16.2. The molecular weight excluding hydrogens is 228 g/mol. The van der Waals surface area contributed by atoms with E-state index < -0.39 is 0 Å². The van der Waals surface area contributed by atoms with E-state index in [2.05, 4.69) is 22.1 Å². The van der Waals surface area contributed by atoms with E-state index in [1.165, 1.54) is 19.3 Å². The maximum absolute atomic E-state index is 12.3. The first kappa shape index (κ1) is 13.1. The number of amides is 1. The number of aromatic nitrogens is 3. The van der Waals surface area contributed by atoms with Crippen LogP contribution in [0.4, 0.5) is 0 Å². The molecule has 0 unspecified atom stereocenters. The van der Waals surface area contributed by atoms with E-state index in [1.807, 2.05) is 4.90 Å². The van der Waals surface area contributed by atoms with Crippen LogP contribution in [0, 0.1) is 0 Å². The van der Waals surface area contributed by atoms with Gasteiger partial charge in [-0.2, -0.15) is 0 Å². The van der Waals surface area contributed by atoms with Gasteiger partial charge in [-0.25, -0.2) is 4.98 Å². The van der Waals surface area contributed by atoms with Crippen molar-refractivity contribution >= 4 is 5.91 Å². The number of aromatic amines is 1. The first-order chi connectivity index (χ1) is 8.81. The predicted molar refractivity (Wildman–Crippen MR) is 69.4 cm³/mol. The maximum atomic E-state index is 12.3. The molecule has 1 fully saturated rings. The number of nitrogens with one attached hydrogen (secondary N) is 1. The van der Waals surface area contributed by atoms with E-state index >= 15 is 0 Å². The van der Waals surface area contributed by atoms with Crippen LogP contribution in [0.25, 0.3) is 0 Å². The second-order valence-corrected chi connectivity index (χ2v) is 4.92. The van der Waals surface area contributed by atoms with Crippen molar-refractivity contribution in [1.29, 1.82) is 0 Å². The lowest BCUT2D eigenvalue weighted by molar-refractivity contribution is 0.0730. The summed E-state index contributed by atoms with van der Waals surface area (Å²) in [5.41, 5.74) is 0. The van der Waals surface area contributed by atoms with Crippen molar-refractivity contribution in [2.75, 3.05) is 13.1 Å². The van der Waals surface area contributed by atoms with Crippen LogP contribution < -0.4 is 0 Å². The summed E-state index contributed by atoms with van der Waals surface area (Å²) < 4.78 is 0. The molecule has 0 aromatic carbocycles. The number of nitrogens with zero attached hydrogens (tertiary/aromatic N) is 3. The zero-order valence-corrected chi connectivity index (χ0v) is 11.1. The normalized spacial score (nSPS) is 17.3. The van der Waals surface area contributed by atoms with Gasteiger partial charge in [0.2, 0.25) is 5.82 Å². The number of likely N-dealkylation sites (tertiary alicyclic amines) is 1. The van der Waals surface area contributed by atoms with E-state index in [9.17, 15) is 4.79 Å². The van der Waals surface area contributed by atoms with Crippen molar-refractivity contribution in [2.45, 2.75) is 51.9 Å². The van der Waals surface area contributed by atoms with Gasteiger partial charge in [0, 0.05) is 19.5 Å². The fraction of sp³-hybridized carbons (Fsp3) is 0.769. The summed E-state index contributed by atoms with van der Waals surface area (Å²) in [6.07, 6.45) is 7.78. The molecule has 100 valence electrons. The fourth-order valence-electron chi connectivity index (χ4n) is 2.33. The average molecular weight is 250 g/mol. The minimum atomic E-state index is -0.0181. The number of carbonyl (C=O) groups excluding carboxylic acids is 1. The lowest BCUT2D eigenvalue weighted by atomic mass is 10.1. The Morgan fingerprint density at radius 3 is 2.56 bits per heavy atom. The molecule has 2 rings (SSSR count). The molecule has 0 aliphatic carbocycles. The molecule has 2 heterocycles. The fourth-order valence-corrected chi connectivity index (χ4v) is 2.33. The second kappa shape index (κ2) is 6.52. The highest BCUT2D eigenvalue weighted by Gasteiger charge is 2.20. The van der Waals surface area contributed by atoms with E-state index in [0.717, 1.165) is 44.6 Å². The smallest absolute Gasteiger partial charge is 0.293 e. The van der Waals surface area contributed by atoms with Gasteiger partial charge in [0.25, 0.3) is 5.91 Å². The van der Waals surface area contributed by atoms with Crippen molar-refractivity contribution in [2.24, 2.45) is 0 Å². The third-order valence-corrected chi connectivity index (χ3v) is 3.35. The molecule has 1 aliphatic rings. The molecule has 1 N–H and O–H groups in total. The lowest BCUT2D eigenvalue weighted by Crippen LogP contribution is -2.34. The van der Waals surface area contributed by atoms with Crippen molar-refractivity contribution < 1.29 is 4.79 Å². The Bertz CT molecular complexity index is 380. The van der Waals surface area contributed by atoms with E-state index in [4.69, 9.17) is 0 Å². The quantitative estimate of drug-likeness (QED) is 0.894. The Balaban J connectivity index is 1.99. The number of hydrogen-bond acceptors (Lipinski definition) is 3. The number of rotatable bonds is 3. The van der Waals surface area contributed by atoms with E-state index in [0.29, 0.717) is 5.82 Å². The topological polar surface area (TPSA) is 61.9 Å². The number of H-pyrrole nitrogens is 1. The Hall–Kier alpha value is -1.39. The molecule has 1 aromatic rings. The van der Waals surface area contributed by atoms with Crippen molar-refractivity contribution in [3.8, 4) is 0 Å². The van der Waals surface area contributed by atoms with Gasteiger partial charge in [-0.1, -0.05) is 26.2 Å². The van der Waals surface area contributed by atoms with Crippen LogP contribution in [0.2, 0.25) is 0 Å². The largest absolute Gasteiger partial charge is 0.336 e. The van der Waals surface area contributed by atoms with Crippen LogP contribution in [0.3, 0.4) is 0 Å². The van der Waals surface area contributed by atoms with Gasteiger partial charge in [-0.15, -0.1) is 5.10 Å². The number of aryl methyl sites for hydroxylation is 1. The number of hydrogen-bond donors (Lipinski definition) is 1. The van der Waals surface area contributed by atoms with Gasteiger partial charge in [-0.3, -0.25) is 9.89 Å². The summed E-state index contributed by atoms with van der Waals surface area (Å²) in [6, 6.07) is 0. The zero-order valence-electron chi connectivity index (χ0n) is 11.1. The second-order valence-electron chi connectivity index (χ2n) is 4.92. The molecule has 1 aromatic heterocycles. The van der Waals surface area contributed by atoms with Crippen LogP contribution in [-0.2, 0) is 6.42 Å². The Kier molecular flexibility index (Phi) is 4.73. The van der Waals surface area contributed by atoms with Gasteiger partial charge in [0.15, 0.2) is 0 Å². The van der Waals surface area contributed by atoms with Crippen LogP contribution in [0.1, 0.15) is 61.9 Å². The Morgan fingerprint density at radius 2 is 1.89 bits per heavy atom. The molecule has 1 amide bonds. The summed E-state index contributed by atoms with van der Waals surface area (Å²) in [6.45, 7) is 3.77. The van der Waals surface area contributed by atoms with Crippen LogP contribution in [0.15, 0.2) is 0 Å². The molecule has 18 heavy (non-hydrogen) atoms. The van der Waals surface area contributed by atoms with E-state index in [1.54, 1.807) is 0 Å². The SMILES string of the molecule is CCCc1nc(C(=O)N2CCCCCCC2)n[nH]1. The van der Waals surface area contributed by atoms with Crippen LogP contribution in [-0.4, -0.2) is 39.1 Å². The first-order valence-electron chi connectivity index (χ1n) is 7.02. The summed E-state index contributed by atoms with van der Waals surface area (Å²) >= 11 is 0. The summed E-state index contributed by atoms with van der Waals surface area (Å²) in [5, 5.41) is 6.88. The standard InChI is InChI=1S/C13H22N4O/c1-2-8-11-14-12(16-15-11)13(18)17-9-6-4-3-5-7-10-17/h2-10H2,1H3,(H,14,15,16). The molecule has 0 atom stereocenters. The minimum Gasteiger partial charge on any atom is -0.336 e. The van der Waals surface area contributed by atoms with Crippen molar-refractivity contribution in [1.82, 2.24) is 20.1 Å². The van der Waals surface area contributed by atoms with Crippen LogP contribution in [0.5, 0.6) is 0 Å². The maximum Gasteiger partial charge on any atom is 0.293 e. The molecule has 5 nitrogen and oxygen atoms in total. The first-order valence-corrected chi connectivity index (χ1v) is 7.02. The van der Waals surface area contributed by atoms with E-state index in [-0.39, 0.29) is 5.91 Å². The van der Waals surface area contributed by atoms with Crippen LogP contribution >= 0.6 is 0 Å². The van der Waals surface area contributed by atoms with Crippen molar-refractivity contribution in [3.63, 3.8) is 0 Å². The molecule has 0 saturated carbocycles. The zero-order chi connectivity index (χ0) is 12.8. The third kappa shape index (κ3) is 3.31. The molecule has 0 bridgehead atoms. The number of carbonyl (C=O) groups is 1. The van der Waals surface area contributed by atoms with Gasteiger partial charge in [-0.05, 0) is 19.3 Å². The summed E-state index contributed by atoms with van der Waals surface area (Å²) in [4.78, 5) is 18.4. The molecule has 0 spiro atoms. The lowest BCUT2D eigenvalue weighted by Gasteiger charge is -2.23. The Morgan fingerprint density at radius 1 is 1.22 bits per heavy atom. The molecule has 5 heteroatoms. The highest BCUT2D eigenvalue weighted by Crippen LogP contribution is 2.12. The van der Waals surface area contributed by atoms with Gasteiger partial charge >= 0.3 is 0 Å². The minimum absolute atomic E-state index is 0.0181. The molecule has 1 aliphatic heterocycles. The molecule has 1 saturated heterocycles. The van der Waals surface area contributed by atoms with Gasteiger partial charge < -0.3 is 4.90 Å².